The standard InChI is InChI=1S/C11H14N2O4/c1-8(9-5-3-2-4-6-9)13(11(15)16)7-10(14)12-17/h2-6,8,17H,7H2,1H3,(H,12,14)(H,15,16). The van der Waals surface area contributed by atoms with Gasteiger partial charge in [-0.05, 0) is 12.5 Å². The summed E-state index contributed by atoms with van der Waals surface area (Å²) >= 11 is 0. The lowest BCUT2D eigenvalue weighted by Crippen LogP contribution is -2.40. The Balaban J connectivity index is 2.84. The van der Waals surface area contributed by atoms with E-state index < -0.39 is 24.6 Å². The minimum absolute atomic E-state index is 0.415. The minimum atomic E-state index is -1.22. The highest BCUT2D eigenvalue weighted by molar-refractivity contribution is 5.81. The number of carboxylic acid groups (broad SMARTS) is 1. The molecule has 0 saturated heterocycles. The van der Waals surface area contributed by atoms with Gasteiger partial charge in [-0.2, -0.15) is 0 Å². The lowest BCUT2D eigenvalue weighted by atomic mass is 10.1. The molecule has 0 heterocycles. The average Bonchev–Trinajstić information content (AvgIpc) is 2.35. The Morgan fingerprint density at radius 3 is 2.41 bits per heavy atom. The first-order valence-electron chi connectivity index (χ1n) is 5.03. The van der Waals surface area contributed by atoms with Crippen molar-refractivity contribution in [1.29, 1.82) is 0 Å². The van der Waals surface area contributed by atoms with Gasteiger partial charge in [-0.3, -0.25) is 14.9 Å². The molecule has 0 aliphatic carbocycles. The molecular weight excluding hydrogens is 224 g/mol. The zero-order chi connectivity index (χ0) is 12.8. The SMILES string of the molecule is CC(c1ccccc1)N(CC(=O)NO)C(=O)O. The van der Waals surface area contributed by atoms with Crippen molar-refractivity contribution in [3.8, 4) is 0 Å². The third kappa shape index (κ3) is 3.46. The predicted molar refractivity (Wildman–Crippen MR) is 59.5 cm³/mol. The summed E-state index contributed by atoms with van der Waals surface area (Å²) in [5.74, 6) is -0.768. The second kappa shape index (κ2) is 5.86. The molecule has 0 bridgehead atoms. The largest absolute Gasteiger partial charge is 0.465 e. The smallest absolute Gasteiger partial charge is 0.408 e. The van der Waals surface area contributed by atoms with E-state index in [2.05, 4.69) is 0 Å². The van der Waals surface area contributed by atoms with Gasteiger partial charge in [0.15, 0.2) is 0 Å². The van der Waals surface area contributed by atoms with Crippen LogP contribution in [0.4, 0.5) is 4.79 Å². The lowest BCUT2D eigenvalue weighted by molar-refractivity contribution is -0.130. The molecule has 6 nitrogen and oxygen atoms in total. The maximum atomic E-state index is 11.0. The fourth-order valence-electron chi connectivity index (χ4n) is 1.47. The Bertz CT molecular complexity index is 394. The van der Waals surface area contributed by atoms with Crippen molar-refractivity contribution in [1.82, 2.24) is 10.4 Å². The molecule has 2 amide bonds. The van der Waals surface area contributed by atoms with Gasteiger partial charge in [0.05, 0.1) is 6.04 Å². The Labute approximate surface area is 98.4 Å². The van der Waals surface area contributed by atoms with E-state index in [0.717, 1.165) is 10.5 Å². The molecule has 0 saturated carbocycles. The van der Waals surface area contributed by atoms with Gasteiger partial charge >= 0.3 is 6.09 Å². The maximum Gasteiger partial charge on any atom is 0.408 e. The number of carbonyl (C=O) groups is 2. The lowest BCUT2D eigenvalue weighted by Gasteiger charge is -2.25. The van der Waals surface area contributed by atoms with E-state index in [9.17, 15) is 9.59 Å². The minimum Gasteiger partial charge on any atom is -0.465 e. The number of nitrogens with zero attached hydrogens (tertiary/aromatic N) is 1. The van der Waals surface area contributed by atoms with Gasteiger partial charge < -0.3 is 5.11 Å². The van der Waals surface area contributed by atoms with E-state index in [1.807, 2.05) is 6.07 Å². The van der Waals surface area contributed by atoms with Crippen LogP contribution in [0.1, 0.15) is 18.5 Å². The molecule has 0 fully saturated rings. The fraction of sp³-hybridized carbons (Fsp3) is 0.273. The van der Waals surface area contributed by atoms with Gasteiger partial charge in [-0.1, -0.05) is 30.3 Å². The zero-order valence-corrected chi connectivity index (χ0v) is 9.33. The molecule has 1 atom stereocenters. The average molecular weight is 238 g/mol. The summed E-state index contributed by atoms with van der Waals surface area (Å²) in [6.45, 7) is 1.26. The van der Waals surface area contributed by atoms with Crippen LogP contribution in [0.25, 0.3) is 0 Å². The molecule has 0 aromatic heterocycles. The van der Waals surface area contributed by atoms with Gasteiger partial charge in [-0.15, -0.1) is 0 Å². The van der Waals surface area contributed by atoms with Crippen molar-refractivity contribution >= 4 is 12.0 Å². The highest BCUT2D eigenvalue weighted by atomic mass is 16.5. The molecule has 0 spiro atoms. The molecule has 0 aliphatic heterocycles. The van der Waals surface area contributed by atoms with Crippen molar-refractivity contribution in [3.63, 3.8) is 0 Å². The van der Waals surface area contributed by atoms with Gasteiger partial charge in [0, 0.05) is 0 Å². The predicted octanol–water partition coefficient (Wildman–Crippen LogP) is 1.23. The van der Waals surface area contributed by atoms with Crippen LogP contribution < -0.4 is 5.48 Å². The van der Waals surface area contributed by atoms with E-state index in [-0.39, 0.29) is 0 Å². The van der Waals surface area contributed by atoms with Crippen LogP contribution in [0, 0.1) is 0 Å². The molecule has 92 valence electrons. The summed E-state index contributed by atoms with van der Waals surface area (Å²) in [7, 11) is 0. The Kier molecular flexibility index (Phi) is 4.47. The number of hydroxylamine groups is 1. The molecule has 6 heteroatoms. The Morgan fingerprint density at radius 1 is 1.35 bits per heavy atom. The normalized spacial score (nSPS) is 11.6. The van der Waals surface area contributed by atoms with Crippen molar-refractivity contribution in [2.75, 3.05) is 6.54 Å². The van der Waals surface area contributed by atoms with Crippen molar-refractivity contribution < 1.29 is 19.9 Å². The monoisotopic (exact) mass is 238 g/mol. The first-order chi connectivity index (χ1) is 8.06. The van der Waals surface area contributed by atoms with E-state index in [0.29, 0.717) is 0 Å². The number of benzene rings is 1. The summed E-state index contributed by atoms with van der Waals surface area (Å²) in [4.78, 5) is 23.0. The quantitative estimate of drug-likeness (QED) is 0.543. The zero-order valence-electron chi connectivity index (χ0n) is 9.33. The number of rotatable bonds is 4. The summed E-state index contributed by atoms with van der Waals surface area (Å²) in [5.41, 5.74) is 2.19. The number of hydrogen-bond donors (Lipinski definition) is 3. The molecular formula is C11H14N2O4. The molecule has 0 aliphatic rings. The topological polar surface area (TPSA) is 89.9 Å². The summed E-state index contributed by atoms with van der Waals surface area (Å²) < 4.78 is 0. The molecule has 1 aromatic rings. The molecule has 1 aromatic carbocycles. The third-order valence-corrected chi connectivity index (χ3v) is 2.43. The summed E-state index contributed by atoms with van der Waals surface area (Å²) in [6, 6.07) is 8.48. The first kappa shape index (κ1) is 13.0. The Morgan fingerprint density at radius 2 is 1.94 bits per heavy atom. The number of amides is 2. The van der Waals surface area contributed by atoms with E-state index in [1.165, 1.54) is 5.48 Å². The second-order valence-corrected chi connectivity index (χ2v) is 3.53. The highest BCUT2D eigenvalue weighted by Gasteiger charge is 2.22. The van der Waals surface area contributed by atoms with Crippen LogP contribution in [0.15, 0.2) is 30.3 Å². The van der Waals surface area contributed by atoms with Crippen LogP contribution in [0.2, 0.25) is 0 Å². The molecule has 1 unspecified atom stereocenters. The van der Waals surface area contributed by atoms with Crippen LogP contribution in [-0.4, -0.2) is 33.8 Å². The van der Waals surface area contributed by atoms with E-state index in [1.54, 1.807) is 31.2 Å². The number of carbonyl (C=O) groups excluding carboxylic acids is 1. The van der Waals surface area contributed by atoms with Gasteiger partial charge in [-0.25, -0.2) is 10.3 Å². The second-order valence-electron chi connectivity index (χ2n) is 3.53. The van der Waals surface area contributed by atoms with Gasteiger partial charge in [0.25, 0.3) is 5.91 Å². The van der Waals surface area contributed by atoms with Crippen LogP contribution in [0.5, 0.6) is 0 Å². The molecule has 0 radical (unpaired) electrons. The summed E-state index contributed by atoms with van der Waals surface area (Å²) in [5, 5.41) is 17.4. The van der Waals surface area contributed by atoms with Crippen LogP contribution >= 0.6 is 0 Å². The molecule has 1 rings (SSSR count). The van der Waals surface area contributed by atoms with Crippen LogP contribution in [0.3, 0.4) is 0 Å². The van der Waals surface area contributed by atoms with E-state index in [4.69, 9.17) is 10.3 Å². The van der Waals surface area contributed by atoms with Crippen molar-refractivity contribution in [2.45, 2.75) is 13.0 Å². The number of hydrogen-bond acceptors (Lipinski definition) is 3. The Hall–Kier alpha value is -2.08. The first-order valence-corrected chi connectivity index (χ1v) is 5.03. The maximum absolute atomic E-state index is 11.0. The van der Waals surface area contributed by atoms with Crippen molar-refractivity contribution in [3.05, 3.63) is 35.9 Å². The molecule has 17 heavy (non-hydrogen) atoms. The van der Waals surface area contributed by atoms with Crippen LogP contribution in [-0.2, 0) is 4.79 Å². The third-order valence-electron chi connectivity index (χ3n) is 2.43. The van der Waals surface area contributed by atoms with Crippen molar-refractivity contribution in [2.24, 2.45) is 0 Å². The van der Waals surface area contributed by atoms with Gasteiger partial charge in [0.2, 0.25) is 0 Å². The fourth-order valence-corrected chi connectivity index (χ4v) is 1.47. The molecule has 3 N–H and O–H groups in total. The van der Waals surface area contributed by atoms with E-state index >= 15 is 0 Å². The van der Waals surface area contributed by atoms with Gasteiger partial charge in [0.1, 0.15) is 6.54 Å². The number of nitrogens with one attached hydrogen (secondary N) is 1. The summed E-state index contributed by atoms with van der Waals surface area (Å²) in [6.07, 6.45) is -1.22. The highest BCUT2D eigenvalue weighted by Crippen LogP contribution is 2.19.